The Morgan fingerprint density at radius 1 is 1.41 bits per heavy atom. The van der Waals surface area contributed by atoms with Gasteiger partial charge in [0.25, 0.3) is 0 Å². The Bertz CT molecular complexity index is 660. The summed E-state index contributed by atoms with van der Waals surface area (Å²) in [6.07, 6.45) is 1.39. The second-order valence-corrected chi connectivity index (χ2v) is 6.72. The van der Waals surface area contributed by atoms with Crippen LogP contribution in [-0.2, 0) is 14.8 Å². The van der Waals surface area contributed by atoms with Gasteiger partial charge in [0.15, 0.2) is 0 Å². The highest BCUT2D eigenvalue weighted by molar-refractivity contribution is 7.89. The number of hydrogen-bond acceptors (Lipinski definition) is 6. The van der Waals surface area contributed by atoms with Gasteiger partial charge in [-0.1, -0.05) is 18.2 Å². The van der Waals surface area contributed by atoms with Gasteiger partial charge >= 0.3 is 0 Å². The van der Waals surface area contributed by atoms with Crippen molar-refractivity contribution in [2.24, 2.45) is 11.6 Å². The molecule has 22 heavy (non-hydrogen) atoms. The molecule has 1 aliphatic heterocycles. The average Bonchev–Trinajstić information content (AvgIpc) is 2.50. The van der Waals surface area contributed by atoms with Gasteiger partial charge in [0, 0.05) is 31.4 Å². The van der Waals surface area contributed by atoms with Gasteiger partial charge in [-0.25, -0.2) is 8.42 Å². The fraction of sp³-hybridized carbons (Fsp3) is 0.308. The van der Waals surface area contributed by atoms with E-state index in [4.69, 9.17) is 11.6 Å². The number of carbonyl (C=O) groups is 1. The van der Waals surface area contributed by atoms with Crippen molar-refractivity contribution in [2.75, 3.05) is 13.1 Å². The minimum atomic E-state index is -3.77. The maximum atomic E-state index is 12.7. The Hall–Kier alpha value is -2.10. The molecule has 1 saturated heterocycles. The standard InChI is InChI=1S/C13H19N5O3S/c14-10(9-17-15)8-12-13(19)16-6-7-18(12)22(20,21)11-4-2-1-3-5-11/h1-5,9,12,17H,6-8,14-15H2,(H,16,19)/b10-9-/t12-/m1/s1. The monoisotopic (exact) mass is 325 g/mol. The second-order valence-electron chi connectivity index (χ2n) is 4.83. The highest BCUT2D eigenvalue weighted by atomic mass is 32.2. The van der Waals surface area contributed by atoms with Gasteiger partial charge < -0.3 is 16.5 Å². The molecule has 1 aromatic rings. The average molecular weight is 325 g/mol. The molecule has 1 amide bonds. The fourth-order valence-electron chi connectivity index (χ4n) is 2.29. The minimum Gasteiger partial charge on any atom is -0.401 e. The van der Waals surface area contributed by atoms with E-state index in [0.29, 0.717) is 0 Å². The van der Waals surface area contributed by atoms with Crippen LogP contribution in [0.25, 0.3) is 0 Å². The van der Waals surface area contributed by atoms with Crippen molar-refractivity contribution < 1.29 is 13.2 Å². The molecular formula is C13H19N5O3S. The maximum Gasteiger partial charge on any atom is 0.243 e. The molecule has 0 aliphatic carbocycles. The number of nitrogens with two attached hydrogens (primary N) is 2. The number of amides is 1. The van der Waals surface area contributed by atoms with Crippen LogP contribution in [0.2, 0.25) is 0 Å². The van der Waals surface area contributed by atoms with Crippen LogP contribution in [0, 0.1) is 0 Å². The zero-order chi connectivity index (χ0) is 16.2. The first-order valence-electron chi connectivity index (χ1n) is 6.72. The van der Waals surface area contributed by atoms with E-state index in [1.165, 1.54) is 22.6 Å². The van der Waals surface area contributed by atoms with Gasteiger partial charge in [0.1, 0.15) is 6.04 Å². The summed E-state index contributed by atoms with van der Waals surface area (Å²) in [7, 11) is -3.77. The van der Waals surface area contributed by atoms with Crippen molar-refractivity contribution in [3.05, 3.63) is 42.2 Å². The third kappa shape index (κ3) is 3.38. The smallest absolute Gasteiger partial charge is 0.243 e. The topological polar surface area (TPSA) is 131 Å². The van der Waals surface area contributed by atoms with E-state index in [2.05, 4.69) is 10.7 Å². The van der Waals surface area contributed by atoms with Crippen molar-refractivity contribution in [1.82, 2.24) is 15.0 Å². The van der Waals surface area contributed by atoms with Crippen LogP contribution in [-0.4, -0.2) is 37.8 Å². The van der Waals surface area contributed by atoms with Crippen molar-refractivity contribution in [2.45, 2.75) is 17.4 Å². The Morgan fingerprint density at radius 2 is 2.09 bits per heavy atom. The summed E-state index contributed by atoms with van der Waals surface area (Å²) in [5.74, 6) is 4.77. The molecule has 8 nitrogen and oxygen atoms in total. The van der Waals surface area contributed by atoms with E-state index in [9.17, 15) is 13.2 Å². The molecule has 1 fully saturated rings. The van der Waals surface area contributed by atoms with Gasteiger partial charge in [-0.05, 0) is 12.1 Å². The number of carbonyl (C=O) groups excluding carboxylic acids is 1. The van der Waals surface area contributed by atoms with Gasteiger partial charge in [0.2, 0.25) is 15.9 Å². The highest BCUT2D eigenvalue weighted by Crippen LogP contribution is 2.22. The first kappa shape index (κ1) is 16.3. The number of hydrogen-bond donors (Lipinski definition) is 4. The zero-order valence-electron chi connectivity index (χ0n) is 11.9. The van der Waals surface area contributed by atoms with Gasteiger partial charge in [0.05, 0.1) is 4.90 Å². The summed E-state index contributed by atoms with van der Waals surface area (Å²) in [4.78, 5) is 12.2. The Kier molecular flexibility index (Phi) is 5.01. The third-order valence-electron chi connectivity index (χ3n) is 3.33. The van der Waals surface area contributed by atoms with Crippen LogP contribution >= 0.6 is 0 Å². The number of nitrogens with zero attached hydrogens (tertiary/aromatic N) is 1. The molecule has 1 aliphatic rings. The second kappa shape index (κ2) is 6.77. The summed E-state index contributed by atoms with van der Waals surface area (Å²) < 4.78 is 26.6. The SMILES string of the molecule is NN/C=C(\N)C[C@@H]1C(=O)NCCN1S(=O)(=O)c1ccccc1. The Balaban J connectivity index is 2.33. The van der Waals surface area contributed by atoms with E-state index < -0.39 is 16.1 Å². The number of hydrazine groups is 1. The molecule has 0 unspecified atom stereocenters. The summed E-state index contributed by atoms with van der Waals surface area (Å²) in [5.41, 5.74) is 8.30. The van der Waals surface area contributed by atoms with E-state index in [-0.39, 0.29) is 36.0 Å². The molecule has 0 spiro atoms. The highest BCUT2D eigenvalue weighted by Gasteiger charge is 2.38. The molecule has 0 saturated carbocycles. The zero-order valence-corrected chi connectivity index (χ0v) is 12.7. The predicted octanol–water partition coefficient (Wildman–Crippen LogP) is -1.17. The van der Waals surface area contributed by atoms with E-state index >= 15 is 0 Å². The van der Waals surface area contributed by atoms with Gasteiger partial charge in [-0.3, -0.25) is 10.6 Å². The van der Waals surface area contributed by atoms with Crippen LogP contribution in [0.15, 0.2) is 47.1 Å². The quantitative estimate of drug-likeness (QED) is 0.398. The summed E-state index contributed by atoms with van der Waals surface area (Å²) >= 11 is 0. The lowest BCUT2D eigenvalue weighted by Crippen LogP contribution is -2.57. The largest absolute Gasteiger partial charge is 0.401 e. The van der Waals surface area contributed by atoms with Gasteiger partial charge in [-0.2, -0.15) is 4.31 Å². The van der Waals surface area contributed by atoms with Gasteiger partial charge in [-0.15, -0.1) is 0 Å². The maximum absolute atomic E-state index is 12.7. The lowest BCUT2D eigenvalue weighted by Gasteiger charge is -2.34. The molecule has 6 N–H and O–H groups in total. The van der Waals surface area contributed by atoms with Crippen molar-refractivity contribution in [3.63, 3.8) is 0 Å². The molecule has 1 heterocycles. The summed E-state index contributed by atoms with van der Waals surface area (Å²) in [6, 6.07) is 7.10. The number of nitrogens with one attached hydrogen (secondary N) is 2. The van der Waals surface area contributed by atoms with E-state index in [1.807, 2.05) is 0 Å². The molecule has 0 radical (unpaired) electrons. The first-order chi connectivity index (χ1) is 10.5. The normalized spacial score (nSPS) is 20.5. The lowest BCUT2D eigenvalue weighted by atomic mass is 10.1. The van der Waals surface area contributed by atoms with Crippen molar-refractivity contribution in [1.29, 1.82) is 0 Å². The lowest BCUT2D eigenvalue weighted by molar-refractivity contribution is -0.126. The first-order valence-corrected chi connectivity index (χ1v) is 8.16. The number of sulfonamides is 1. The van der Waals surface area contributed by atoms with E-state index in [1.54, 1.807) is 18.2 Å². The van der Waals surface area contributed by atoms with Crippen LogP contribution in [0.5, 0.6) is 0 Å². The van der Waals surface area contributed by atoms with Crippen LogP contribution in [0.4, 0.5) is 0 Å². The Labute approximate surface area is 129 Å². The molecule has 2 rings (SSSR count). The summed E-state index contributed by atoms with van der Waals surface area (Å²) in [6.45, 7) is 0.455. The van der Waals surface area contributed by atoms with Crippen molar-refractivity contribution in [3.8, 4) is 0 Å². The molecule has 0 bridgehead atoms. The van der Waals surface area contributed by atoms with E-state index in [0.717, 1.165) is 0 Å². The molecule has 1 aromatic carbocycles. The molecule has 120 valence electrons. The Morgan fingerprint density at radius 3 is 2.73 bits per heavy atom. The number of piperazine rings is 1. The molecule has 0 aromatic heterocycles. The minimum absolute atomic E-state index is 0.0576. The van der Waals surface area contributed by atoms with Crippen LogP contribution < -0.4 is 22.3 Å². The predicted molar refractivity (Wildman–Crippen MR) is 81.3 cm³/mol. The number of benzene rings is 1. The molecule has 1 atom stereocenters. The van der Waals surface area contributed by atoms with Crippen molar-refractivity contribution >= 4 is 15.9 Å². The van der Waals surface area contributed by atoms with Crippen LogP contribution in [0.1, 0.15) is 6.42 Å². The summed E-state index contributed by atoms with van der Waals surface area (Å²) in [5, 5.41) is 2.65. The molecule has 9 heteroatoms. The third-order valence-corrected chi connectivity index (χ3v) is 5.25. The molecular weight excluding hydrogens is 306 g/mol. The fourth-order valence-corrected chi connectivity index (χ4v) is 3.90. The number of rotatable bonds is 5. The van der Waals surface area contributed by atoms with Crippen LogP contribution in [0.3, 0.4) is 0 Å².